The summed E-state index contributed by atoms with van der Waals surface area (Å²) < 4.78 is 15.0. The van der Waals surface area contributed by atoms with Crippen LogP contribution in [-0.2, 0) is 17.8 Å². The van der Waals surface area contributed by atoms with Gasteiger partial charge in [-0.15, -0.1) is 22.7 Å². The molecule has 0 atom stereocenters. The zero-order valence-corrected chi connectivity index (χ0v) is 18.3. The first-order valence-corrected chi connectivity index (χ1v) is 11.3. The van der Waals surface area contributed by atoms with E-state index in [0.717, 1.165) is 20.5 Å². The molecular weight excluding hydrogens is 435 g/mol. The summed E-state index contributed by atoms with van der Waals surface area (Å²) in [7, 11) is 0. The Balaban J connectivity index is 1.43. The Morgan fingerprint density at radius 2 is 2.00 bits per heavy atom. The molecule has 9 heteroatoms. The lowest BCUT2D eigenvalue weighted by molar-refractivity contribution is -0.120. The highest BCUT2D eigenvalue weighted by atomic mass is 32.1. The van der Waals surface area contributed by atoms with Crippen LogP contribution < -0.4 is 10.9 Å². The van der Waals surface area contributed by atoms with Crippen molar-refractivity contribution in [2.45, 2.75) is 19.9 Å². The van der Waals surface area contributed by atoms with E-state index in [2.05, 4.69) is 15.4 Å². The number of thiophene rings is 1. The minimum atomic E-state index is -0.412. The third kappa shape index (κ3) is 4.95. The summed E-state index contributed by atoms with van der Waals surface area (Å²) in [6.45, 7) is 2.35. The fourth-order valence-electron chi connectivity index (χ4n) is 3.05. The smallest absolute Gasteiger partial charge is 0.266 e. The van der Waals surface area contributed by atoms with Gasteiger partial charge in [0, 0.05) is 12.6 Å². The number of thiazole rings is 1. The zero-order valence-electron chi connectivity index (χ0n) is 16.7. The van der Waals surface area contributed by atoms with Crippen molar-refractivity contribution in [1.29, 1.82) is 0 Å². The molecule has 0 saturated carbocycles. The molecule has 0 radical (unpaired) electrons. The number of amides is 1. The van der Waals surface area contributed by atoms with Crippen molar-refractivity contribution in [2.24, 2.45) is 0 Å². The van der Waals surface area contributed by atoms with Gasteiger partial charge in [-0.3, -0.25) is 9.59 Å². The Labute approximate surface area is 186 Å². The third-order valence-corrected chi connectivity index (χ3v) is 6.80. The summed E-state index contributed by atoms with van der Waals surface area (Å²) in [4.78, 5) is 30.9. The van der Waals surface area contributed by atoms with Gasteiger partial charge in [-0.1, -0.05) is 24.3 Å². The molecule has 4 aromatic rings. The maximum absolute atomic E-state index is 13.7. The van der Waals surface area contributed by atoms with Crippen LogP contribution in [0.25, 0.3) is 20.5 Å². The number of aryl methyl sites for hydroxylation is 1. The standard InChI is InChI=1S/C22H19FN4O2S2/c1-14-21(31-22(25-14)18-7-4-12-30-18)17-8-9-20(29)27(26-17)11-10-24-19(28)13-15-5-2-3-6-16(15)23/h2-9,12H,10-11,13H2,1H3,(H,24,28). The molecule has 158 valence electrons. The highest BCUT2D eigenvalue weighted by Gasteiger charge is 2.14. The van der Waals surface area contributed by atoms with Crippen molar-refractivity contribution in [1.82, 2.24) is 20.1 Å². The van der Waals surface area contributed by atoms with Crippen molar-refractivity contribution in [3.63, 3.8) is 0 Å². The Hall–Kier alpha value is -3.17. The molecule has 0 saturated heterocycles. The first kappa shape index (κ1) is 21.1. The maximum atomic E-state index is 13.7. The molecule has 0 unspecified atom stereocenters. The van der Waals surface area contributed by atoms with Gasteiger partial charge in [-0.25, -0.2) is 14.1 Å². The fraction of sp³-hybridized carbons (Fsp3) is 0.182. The normalized spacial score (nSPS) is 10.9. The zero-order chi connectivity index (χ0) is 21.8. The lowest BCUT2D eigenvalue weighted by atomic mass is 10.1. The van der Waals surface area contributed by atoms with Gasteiger partial charge < -0.3 is 5.32 Å². The molecular formula is C22H19FN4O2S2. The number of benzene rings is 1. The minimum absolute atomic E-state index is 0.0550. The summed E-state index contributed by atoms with van der Waals surface area (Å²) >= 11 is 3.15. The van der Waals surface area contributed by atoms with E-state index < -0.39 is 5.82 Å². The van der Waals surface area contributed by atoms with Crippen LogP contribution in [0.2, 0.25) is 0 Å². The van der Waals surface area contributed by atoms with E-state index in [1.165, 1.54) is 28.2 Å². The van der Waals surface area contributed by atoms with Gasteiger partial charge in [0.15, 0.2) is 0 Å². The number of rotatable bonds is 7. The van der Waals surface area contributed by atoms with Gasteiger partial charge >= 0.3 is 0 Å². The van der Waals surface area contributed by atoms with Crippen molar-refractivity contribution in [2.75, 3.05) is 6.54 Å². The number of nitrogens with zero attached hydrogens (tertiary/aromatic N) is 3. The van der Waals surface area contributed by atoms with E-state index in [4.69, 9.17) is 0 Å². The molecule has 0 aliphatic heterocycles. The number of carbonyl (C=O) groups excluding carboxylic acids is 1. The number of hydrogen-bond acceptors (Lipinski definition) is 6. The molecule has 4 rings (SSSR count). The Bertz CT molecular complexity index is 1260. The molecule has 6 nitrogen and oxygen atoms in total. The van der Waals surface area contributed by atoms with Crippen molar-refractivity contribution in [3.8, 4) is 20.5 Å². The number of carbonyl (C=O) groups is 1. The average molecular weight is 455 g/mol. The molecule has 1 aromatic carbocycles. The van der Waals surface area contributed by atoms with Crippen molar-refractivity contribution < 1.29 is 9.18 Å². The second-order valence-electron chi connectivity index (χ2n) is 6.81. The molecule has 0 fully saturated rings. The molecule has 0 bridgehead atoms. The lowest BCUT2D eigenvalue weighted by Gasteiger charge is -2.08. The molecule has 3 aromatic heterocycles. The van der Waals surface area contributed by atoms with Gasteiger partial charge in [0.1, 0.15) is 16.5 Å². The summed E-state index contributed by atoms with van der Waals surface area (Å²) in [6.07, 6.45) is -0.0550. The van der Waals surface area contributed by atoms with E-state index >= 15 is 0 Å². The first-order valence-electron chi connectivity index (χ1n) is 9.61. The van der Waals surface area contributed by atoms with Crippen molar-refractivity contribution in [3.05, 3.63) is 81.3 Å². The summed E-state index contributed by atoms with van der Waals surface area (Å²) in [5, 5.41) is 10.1. The van der Waals surface area contributed by atoms with Crippen LogP contribution in [-0.4, -0.2) is 27.2 Å². The molecule has 0 spiro atoms. The fourth-order valence-corrected chi connectivity index (χ4v) is 4.88. The topological polar surface area (TPSA) is 76.9 Å². The van der Waals surface area contributed by atoms with E-state index in [-0.39, 0.29) is 31.0 Å². The summed E-state index contributed by atoms with van der Waals surface area (Å²) in [5.41, 5.74) is 1.59. The molecule has 1 N–H and O–H groups in total. The maximum Gasteiger partial charge on any atom is 0.266 e. The Morgan fingerprint density at radius 1 is 1.16 bits per heavy atom. The van der Waals surface area contributed by atoms with Gasteiger partial charge in [0.2, 0.25) is 5.91 Å². The number of halogens is 1. The number of hydrogen-bond donors (Lipinski definition) is 1. The quantitative estimate of drug-likeness (QED) is 0.460. The predicted molar refractivity (Wildman–Crippen MR) is 121 cm³/mol. The third-order valence-electron chi connectivity index (χ3n) is 4.58. The van der Waals surface area contributed by atoms with E-state index in [1.54, 1.807) is 35.6 Å². The second-order valence-corrected chi connectivity index (χ2v) is 8.76. The molecule has 31 heavy (non-hydrogen) atoms. The average Bonchev–Trinajstić information content (AvgIpc) is 3.41. The highest BCUT2D eigenvalue weighted by Crippen LogP contribution is 2.35. The van der Waals surface area contributed by atoms with E-state index in [9.17, 15) is 14.0 Å². The van der Waals surface area contributed by atoms with E-state index in [0.29, 0.717) is 11.3 Å². The van der Waals surface area contributed by atoms with Crippen LogP contribution >= 0.6 is 22.7 Å². The SMILES string of the molecule is Cc1nc(-c2cccs2)sc1-c1ccc(=O)n(CCNC(=O)Cc2ccccc2F)n1. The lowest BCUT2D eigenvalue weighted by Crippen LogP contribution is -2.32. The van der Waals surface area contributed by atoms with Crippen LogP contribution in [0.5, 0.6) is 0 Å². The van der Waals surface area contributed by atoms with Crippen LogP contribution in [0.4, 0.5) is 4.39 Å². The monoisotopic (exact) mass is 454 g/mol. The van der Waals surface area contributed by atoms with Gasteiger partial charge in [0.25, 0.3) is 5.56 Å². The number of aromatic nitrogens is 3. The van der Waals surface area contributed by atoms with Crippen LogP contribution in [0.15, 0.2) is 58.7 Å². The van der Waals surface area contributed by atoms with Crippen LogP contribution in [0.1, 0.15) is 11.3 Å². The number of nitrogens with one attached hydrogen (secondary N) is 1. The predicted octanol–water partition coefficient (Wildman–Crippen LogP) is 3.90. The van der Waals surface area contributed by atoms with Crippen molar-refractivity contribution >= 4 is 28.6 Å². The summed E-state index contributed by atoms with van der Waals surface area (Å²) in [6, 6.07) is 13.3. The minimum Gasteiger partial charge on any atom is -0.354 e. The molecule has 0 aliphatic rings. The Morgan fingerprint density at radius 3 is 2.77 bits per heavy atom. The van der Waals surface area contributed by atoms with Gasteiger partial charge in [-0.05, 0) is 36.1 Å². The first-order chi connectivity index (χ1) is 15.0. The molecule has 3 heterocycles. The van der Waals surface area contributed by atoms with E-state index in [1.807, 2.05) is 24.4 Å². The Kier molecular flexibility index (Phi) is 6.34. The molecule has 0 aliphatic carbocycles. The van der Waals surface area contributed by atoms with Gasteiger partial charge in [-0.2, -0.15) is 5.10 Å². The summed E-state index contributed by atoms with van der Waals surface area (Å²) in [5.74, 6) is -0.724. The molecule has 1 amide bonds. The largest absolute Gasteiger partial charge is 0.354 e. The highest BCUT2D eigenvalue weighted by molar-refractivity contribution is 7.23. The van der Waals surface area contributed by atoms with Crippen LogP contribution in [0.3, 0.4) is 0 Å². The second kappa shape index (κ2) is 9.32. The van der Waals surface area contributed by atoms with Gasteiger partial charge in [0.05, 0.1) is 28.4 Å². The van der Waals surface area contributed by atoms with Crippen LogP contribution in [0, 0.1) is 12.7 Å².